The fourth-order valence-electron chi connectivity index (χ4n) is 0.360. The lowest BCUT2D eigenvalue weighted by molar-refractivity contribution is 1.22. The van der Waals surface area contributed by atoms with Crippen LogP contribution in [0.3, 0.4) is 0 Å². The summed E-state index contributed by atoms with van der Waals surface area (Å²) in [5.41, 5.74) is 0. The number of nitriles is 1. The van der Waals surface area contributed by atoms with E-state index in [1.54, 1.807) is 0 Å². The summed E-state index contributed by atoms with van der Waals surface area (Å²) >= 11 is 1.49. The van der Waals surface area contributed by atoms with E-state index in [1.165, 1.54) is 11.8 Å². The number of nitrogens with zero attached hydrogens (tertiary/aromatic N) is 1. The average molecular weight is 127 g/mol. The number of rotatable bonds is 2. The molecule has 0 radical (unpaired) electrons. The number of thioether (sulfide) groups is 1. The smallest absolute Gasteiger partial charge is 0.106 e. The fraction of sp³-hybridized carbons (Fsp3) is 0.500. The molecule has 0 aromatic carbocycles. The molecule has 1 nitrogen and oxygen atoms in total. The zero-order valence-corrected chi connectivity index (χ0v) is 5.96. The molecule has 0 aliphatic rings. The van der Waals surface area contributed by atoms with E-state index in [4.69, 9.17) is 5.26 Å². The Bertz CT molecular complexity index is 121. The van der Waals surface area contributed by atoms with Gasteiger partial charge in [-0.05, 0) is 12.7 Å². The van der Waals surface area contributed by atoms with Crippen LogP contribution in [0.25, 0.3) is 0 Å². The van der Waals surface area contributed by atoms with Crippen molar-refractivity contribution in [1.29, 1.82) is 5.26 Å². The molecule has 0 aliphatic heterocycles. The molecule has 0 N–H and O–H groups in total. The molecule has 2 heteroatoms. The van der Waals surface area contributed by atoms with Crippen LogP contribution in [0.1, 0.15) is 13.3 Å². The summed E-state index contributed by atoms with van der Waals surface area (Å²) in [5.74, 6) is 0. The van der Waals surface area contributed by atoms with Gasteiger partial charge in [0, 0.05) is 0 Å². The third-order valence-electron chi connectivity index (χ3n) is 0.720. The van der Waals surface area contributed by atoms with Crippen LogP contribution in [-0.2, 0) is 0 Å². The molecule has 0 atom stereocenters. The Labute approximate surface area is 54.4 Å². The van der Waals surface area contributed by atoms with E-state index in [0.29, 0.717) is 0 Å². The normalized spacial score (nSPS) is 10.9. The molecule has 0 rings (SSSR count). The molecule has 0 fully saturated rings. The molecule has 0 saturated heterocycles. The molecule has 0 aromatic heterocycles. The molecule has 44 valence electrons. The van der Waals surface area contributed by atoms with Crippen molar-refractivity contribution in [3.63, 3.8) is 0 Å². The molecule has 0 saturated carbocycles. The Morgan fingerprint density at radius 2 is 2.50 bits per heavy atom. The molecule has 0 unspecified atom stereocenters. The molecular formula is C6H9NS. The van der Waals surface area contributed by atoms with Gasteiger partial charge in [0.15, 0.2) is 0 Å². The minimum atomic E-state index is 0.813. The first kappa shape index (κ1) is 7.58. The van der Waals surface area contributed by atoms with Crippen LogP contribution in [0.2, 0.25) is 0 Å². The van der Waals surface area contributed by atoms with Crippen molar-refractivity contribution >= 4 is 11.8 Å². The first-order valence-electron chi connectivity index (χ1n) is 2.49. The van der Waals surface area contributed by atoms with Crippen molar-refractivity contribution < 1.29 is 0 Å². The molecule has 0 aromatic rings. The predicted molar refractivity (Wildman–Crippen MR) is 37.5 cm³/mol. The van der Waals surface area contributed by atoms with Crippen LogP contribution in [0, 0.1) is 11.3 Å². The molecule has 8 heavy (non-hydrogen) atoms. The van der Waals surface area contributed by atoms with Gasteiger partial charge in [-0.3, -0.25) is 0 Å². The topological polar surface area (TPSA) is 23.8 Å². The Hall–Kier alpha value is -0.420. The van der Waals surface area contributed by atoms with Crippen molar-refractivity contribution in [3.8, 4) is 6.07 Å². The minimum absolute atomic E-state index is 0.813. The molecular weight excluding hydrogens is 118 g/mol. The summed E-state index contributed by atoms with van der Waals surface area (Å²) in [6.45, 7) is 2.02. The van der Waals surface area contributed by atoms with Gasteiger partial charge in [0.05, 0.1) is 4.91 Å². The van der Waals surface area contributed by atoms with Crippen molar-refractivity contribution in [3.05, 3.63) is 11.0 Å². The van der Waals surface area contributed by atoms with Gasteiger partial charge >= 0.3 is 0 Å². The molecule has 0 spiro atoms. The highest BCUT2D eigenvalue weighted by Gasteiger charge is 1.85. The Morgan fingerprint density at radius 3 is 2.62 bits per heavy atom. The van der Waals surface area contributed by atoms with Crippen molar-refractivity contribution in [2.75, 3.05) is 6.26 Å². The molecule has 0 aliphatic carbocycles. The second kappa shape index (κ2) is 4.73. The third kappa shape index (κ3) is 2.70. The summed E-state index contributed by atoms with van der Waals surface area (Å²) < 4.78 is 0. The summed E-state index contributed by atoms with van der Waals surface area (Å²) in [7, 11) is 0. The summed E-state index contributed by atoms with van der Waals surface area (Å²) in [5, 5.41) is 8.32. The highest BCUT2D eigenvalue weighted by atomic mass is 32.2. The molecule has 0 amide bonds. The maximum atomic E-state index is 8.32. The Balaban J connectivity index is 3.72. The lowest BCUT2D eigenvalue weighted by Crippen LogP contribution is -1.65. The zero-order chi connectivity index (χ0) is 6.41. The maximum absolute atomic E-state index is 8.32. The van der Waals surface area contributed by atoms with Gasteiger partial charge in [0.2, 0.25) is 0 Å². The fourth-order valence-corrected chi connectivity index (χ4v) is 0.785. The van der Waals surface area contributed by atoms with Crippen LogP contribution in [0.4, 0.5) is 0 Å². The Kier molecular flexibility index (Phi) is 4.48. The number of hydrogen-bond acceptors (Lipinski definition) is 2. The average Bonchev–Trinajstić information content (AvgIpc) is 1.83. The van der Waals surface area contributed by atoms with Crippen LogP contribution in [-0.4, -0.2) is 6.26 Å². The van der Waals surface area contributed by atoms with Gasteiger partial charge in [0.25, 0.3) is 0 Å². The lowest BCUT2D eigenvalue weighted by Gasteiger charge is -1.84. The van der Waals surface area contributed by atoms with Crippen LogP contribution in [0.5, 0.6) is 0 Å². The van der Waals surface area contributed by atoms with Gasteiger partial charge in [-0.1, -0.05) is 13.0 Å². The summed E-state index contributed by atoms with van der Waals surface area (Å²) in [6.07, 6.45) is 4.78. The van der Waals surface area contributed by atoms with E-state index in [-0.39, 0.29) is 0 Å². The summed E-state index contributed by atoms with van der Waals surface area (Å²) in [4.78, 5) is 0.813. The second-order valence-corrected chi connectivity index (χ2v) is 2.14. The predicted octanol–water partition coefficient (Wildman–Crippen LogP) is 2.17. The minimum Gasteiger partial charge on any atom is -0.192 e. The quantitative estimate of drug-likeness (QED) is 0.531. The standard InChI is InChI=1S/C6H9NS/c1-3-4-6(5-7)8-2/h4H,3H2,1-2H3/b6-4+. The van der Waals surface area contributed by atoms with E-state index in [2.05, 4.69) is 6.07 Å². The van der Waals surface area contributed by atoms with Crippen LogP contribution < -0.4 is 0 Å². The monoisotopic (exact) mass is 127 g/mol. The lowest BCUT2D eigenvalue weighted by atomic mass is 10.4. The van der Waals surface area contributed by atoms with E-state index >= 15 is 0 Å². The van der Waals surface area contributed by atoms with Gasteiger partial charge in [0.1, 0.15) is 6.07 Å². The van der Waals surface area contributed by atoms with Gasteiger partial charge in [-0.15, -0.1) is 11.8 Å². The van der Waals surface area contributed by atoms with Gasteiger partial charge in [-0.2, -0.15) is 5.26 Å². The van der Waals surface area contributed by atoms with Gasteiger partial charge in [-0.25, -0.2) is 0 Å². The maximum Gasteiger partial charge on any atom is 0.106 e. The highest BCUT2D eigenvalue weighted by Crippen LogP contribution is 2.09. The number of hydrogen-bond donors (Lipinski definition) is 0. The van der Waals surface area contributed by atoms with E-state index in [1.807, 2.05) is 19.3 Å². The van der Waals surface area contributed by atoms with Gasteiger partial charge < -0.3 is 0 Å². The van der Waals surface area contributed by atoms with E-state index in [9.17, 15) is 0 Å². The van der Waals surface area contributed by atoms with Crippen molar-refractivity contribution in [2.24, 2.45) is 0 Å². The second-order valence-electron chi connectivity index (χ2n) is 1.29. The zero-order valence-electron chi connectivity index (χ0n) is 5.14. The van der Waals surface area contributed by atoms with Crippen molar-refractivity contribution in [1.82, 2.24) is 0 Å². The first-order chi connectivity index (χ1) is 3.85. The van der Waals surface area contributed by atoms with E-state index in [0.717, 1.165) is 11.3 Å². The van der Waals surface area contributed by atoms with E-state index < -0.39 is 0 Å². The Morgan fingerprint density at radius 1 is 1.88 bits per heavy atom. The van der Waals surface area contributed by atoms with Crippen LogP contribution in [0.15, 0.2) is 11.0 Å². The third-order valence-corrected chi connectivity index (χ3v) is 1.42. The molecule has 0 bridgehead atoms. The highest BCUT2D eigenvalue weighted by molar-refractivity contribution is 8.02. The van der Waals surface area contributed by atoms with Crippen molar-refractivity contribution in [2.45, 2.75) is 13.3 Å². The molecule has 0 heterocycles. The largest absolute Gasteiger partial charge is 0.192 e. The first-order valence-corrected chi connectivity index (χ1v) is 3.71. The number of allylic oxidation sites excluding steroid dienone is 2. The SMILES string of the molecule is CC/C=C(\C#N)SC. The van der Waals surface area contributed by atoms with Crippen LogP contribution >= 0.6 is 11.8 Å². The summed E-state index contributed by atoms with van der Waals surface area (Å²) in [6, 6.07) is 2.08.